The van der Waals surface area contributed by atoms with Gasteiger partial charge in [0.1, 0.15) is 11.4 Å². The molecule has 0 radical (unpaired) electrons. The van der Waals surface area contributed by atoms with Crippen molar-refractivity contribution < 1.29 is 23.8 Å². The first-order valence-corrected chi connectivity index (χ1v) is 21.3. The molecule has 0 saturated carbocycles. The number of morpholine rings is 1. The van der Waals surface area contributed by atoms with Gasteiger partial charge < -0.3 is 34.3 Å². The fourth-order valence-corrected chi connectivity index (χ4v) is 9.25. The lowest BCUT2D eigenvalue weighted by Crippen LogP contribution is -2.58. The van der Waals surface area contributed by atoms with Gasteiger partial charge in [0.25, 0.3) is 5.91 Å². The van der Waals surface area contributed by atoms with Gasteiger partial charge in [-0.1, -0.05) is 55.5 Å². The number of aromatic nitrogens is 2. The van der Waals surface area contributed by atoms with Crippen LogP contribution in [-0.2, 0) is 33.7 Å². The van der Waals surface area contributed by atoms with Crippen molar-refractivity contribution >= 4 is 44.7 Å². The summed E-state index contributed by atoms with van der Waals surface area (Å²) in [5.74, 6) is 1.30. The fourth-order valence-electron chi connectivity index (χ4n) is 7.57. The number of para-hydroxylation sites is 1. The van der Waals surface area contributed by atoms with E-state index in [0.717, 1.165) is 83.1 Å². The molecular weight excluding hydrogens is 737 g/mol. The van der Waals surface area contributed by atoms with E-state index >= 15 is 0 Å². The number of likely N-dealkylation sites (tertiary alicyclic amines) is 1. The van der Waals surface area contributed by atoms with Crippen molar-refractivity contribution in [1.29, 1.82) is 0 Å². The summed E-state index contributed by atoms with van der Waals surface area (Å²) in [5.41, 5.74) is 4.51. The molecular formula is C41H56N6O6S2. The van der Waals surface area contributed by atoms with Crippen LogP contribution in [0.3, 0.4) is 0 Å². The molecule has 0 unspecified atom stereocenters. The number of aromatic amines is 1. The topological polar surface area (TPSA) is 129 Å². The molecule has 2 saturated heterocycles. The van der Waals surface area contributed by atoms with Gasteiger partial charge in [0, 0.05) is 62.7 Å². The lowest BCUT2D eigenvalue weighted by Gasteiger charge is -2.47. The van der Waals surface area contributed by atoms with E-state index in [0.29, 0.717) is 77.0 Å². The average Bonchev–Trinajstić information content (AvgIpc) is 3.84. The van der Waals surface area contributed by atoms with Crippen LogP contribution < -0.4 is 14.9 Å². The zero-order valence-electron chi connectivity index (χ0n) is 32.7. The van der Waals surface area contributed by atoms with Crippen LogP contribution in [0, 0.1) is 0 Å². The number of carbonyl (C=O) groups excluding carboxylic acids is 2. The van der Waals surface area contributed by atoms with Crippen LogP contribution in [0.4, 0.5) is 0 Å². The molecule has 6 rings (SSSR count). The zero-order valence-corrected chi connectivity index (χ0v) is 34.3. The first-order valence-electron chi connectivity index (χ1n) is 19.6. The predicted molar refractivity (Wildman–Crippen MR) is 219 cm³/mol. The maximum absolute atomic E-state index is 13.3. The number of rotatable bonds is 18. The van der Waals surface area contributed by atoms with E-state index in [4.69, 9.17) is 14.2 Å². The summed E-state index contributed by atoms with van der Waals surface area (Å²) in [6, 6.07) is 12.3. The van der Waals surface area contributed by atoms with E-state index in [1.165, 1.54) is 11.3 Å². The number of fused-ring (bicyclic) bond motifs is 1. The fraction of sp³-hybridized carbons (Fsp3) is 0.561. The van der Waals surface area contributed by atoms with Gasteiger partial charge in [0.2, 0.25) is 5.91 Å². The highest BCUT2D eigenvalue weighted by molar-refractivity contribution is 7.16. The Morgan fingerprint density at radius 1 is 1.05 bits per heavy atom. The third kappa shape index (κ3) is 10.6. The second kappa shape index (κ2) is 19.5. The van der Waals surface area contributed by atoms with Crippen LogP contribution in [0.15, 0.2) is 46.6 Å². The number of amides is 2. The zero-order chi connectivity index (χ0) is 38.8. The number of ether oxygens (including phenoxy) is 3. The number of carbonyl (C=O) groups is 2. The van der Waals surface area contributed by atoms with Gasteiger partial charge in [-0.3, -0.25) is 19.3 Å². The Balaban J connectivity index is 0.895. The van der Waals surface area contributed by atoms with Crippen LogP contribution in [0.25, 0.3) is 10.2 Å². The van der Waals surface area contributed by atoms with Gasteiger partial charge in [-0.05, 0) is 56.3 Å². The molecule has 0 bridgehead atoms. The third-order valence-corrected chi connectivity index (χ3v) is 12.8. The Kier molecular flexibility index (Phi) is 14.5. The van der Waals surface area contributed by atoms with E-state index in [1.54, 1.807) is 18.4 Å². The Morgan fingerprint density at radius 2 is 1.84 bits per heavy atom. The SMILES string of the molecule is CCN(CCNCCc1cccc2[nH]c(=O)sc12)C(=O)CCOCCc1cccc(CN2CCC3(CC2)CN(C(=O)c2csc(C(C)C)n2)CCO3)c1OC. The molecule has 2 fully saturated rings. The molecule has 4 aromatic rings. The van der Waals surface area contributed by atoms with E-state index in [2.05, 4.69) is 58.3 Å². The number of hydrogen-bond acceptors (Lipinski definition) is 11. The van der Waals surface area contributed by atoms with Crippen molar-refractivity contribution in [3.8, 4) is 5.75 Å². The molecule has 55 heavy (non-hydrogen) atoms. The molecule has 4 heterocycles. The van der Waals surface area contributed by atoms with Gasteiger partial charge >= 0.3 is 4.87 Å². The lowest BCUT2D eigenvalue weighted by atomic mass is 9.89. The molecule has 298 valence electrons. The quantitative estimate of drug-likeness (QED) is 0.129. The van der Waals surface area contributed by atoms with Crippen LogP contribution in [0.5, 0.6) is 5.75 Å². The molecule has 1 spiro atoms. The summed E-state index contributed by atoms with van der Waals surface area (Å²) < 4.78 is 19.3. The van der Waals surface area contributed by atoms with Gasteiger partial charge in [0.15, 0.2) is 0 Å². The van der Waals surface area contributed by atoms with Crippen LogP contribution in [0.1, 0.15) is 78.1 Å². The Labute approximate surface area is 332 Å². The monoisotopic (exact) mass is 792 g/mol. The molecule has 2 aliphatic heterocycles. The molecule has 2 N–H and O–H groups in total. The number of thiazole rings is 2. The Hall–Kier alpha value is -3.66. The number of hydrogen-bond donors (Lipinski definition) is 2. The number of H-pyrrole nitrogens is 1. The highest BCUT2D eigenvalue weighted by Gasteiger charge is 2.41. The van der Waals surface area contributed by atoms with Gasteiger partial charge in [-0.15, -0.1) is 11.3 Å². The number of nitrogens with zero attached hydrogens (tertiary/aromatic N) is 4. The van der Waals surface area contributed by atoms with Crippen LogP contribution in [0.2, 0.25) is 0 Å². The predicted octanol–water partition coefficient (Wildman–Crippen LogP) is 5.32. The number of nitrogens with one attached hydrogen (secondary N) is 2. The minimum atomic E-state index is -0.318. The minimum absolute atomic E-state index is 0.00819. The molecule has 0 atom stereocenters. The van der Waals surface area contributed by atoms with E-state index in [9.17, 15) is 14.4 Å². The summed E-state index contributed by atoms with van der Waals surface area (Å²) in [6.07, 6.45) is 3.58. The molecule has 2 aliphatic rings. The normalized spacial score (nSPS) is 16.0. The maximum Gasteiger partial charge on any atom is 0.305 e. The molecule has 2 aromatic carbocycles. The summed E-state index contributed by atoms with van der Waals surface area (Å²) >= 11 is 2.81. The van der Waals surface area contributed by atoms with Crippen molar-refractivity contribution in [3.05, 3.63) is 78.8 Å². The third-order valence-electron chi connectivity index (χ3n) is 10.7. The van der Waals surface area contributed by atoms with Crippen LogP contribution in [-0.4, -0.2) is 121 Å². The number of methoxy groups -OCH3 is 1. The van der Waals surface area contributed by atoms with Crippen molar-refractivity contribution in [2.24, 2.45) is 0 Å². The second-order valence-corrected chi connectivity index (χ2v) is 16.6. The van der Waals surface area contributed by atoms with Crippen molar-refractivity contribution in [3.63, 3.8) is 0 Å². The number of likely N-dealkylation sites (N-methyl/N-ethyl adjacent to an activating group) is 1. The Bertz CT molecular complexity index is 1930. The minimum Gasteiger partial charge on any atom is -0.496 e. The highest BCUT2D eigenvalue weighted by atomic mass is 32.1. The second-order valence-electron chi connectivity index (χ2n) is 14.8. The van der Waals surface area contributed by atoms with Crippen LogP contribution >= 0.6 is 22.7 Å². The van der Waals surface area contributed by atoms with Gasteiger partial charge in [-0.2, -0.15) is 0 Å². The number of benzene rings is 2. The smallest absolute Gasteiger partial charge is 0.305 e. The molecule has 2 amide bonds. The molecule has 12 nitrogen and oxygen atoms in total. The lowest BCUT2D eigenvalue weighted by molar-refractivity contribution is -0.132. The first kappa shape index (κ1) is 41.0. The molecule has 14 heteroatoms. The van der Waals surface area contributed by atoms with Crippen molar-refractivity contribution in [2.75, 3.05) is 79.3 Å². The summed E-state index contributed by atoms with van der Waals surface area (Å²) in [4.78, 5) is 51.7. The first-order chi connectivity index (χ1) is 26.7. The largest absolute Gasteiger partial charge is 0.496 e. The maximum atomic E-state index is 13.3. The average molecular weight is 793 g/mol. The molecule has 2 aromatic heterocycles. The summed E-state index contributed by atoms with van der Waals surface area (Å²) in [7, 11) is 1.72. The van der Waals surface area contributed by atoms with E-state index < -0.39 is 0 Å². The highest BCUT2D eigenvalue weighted by Crippen LogP contribution is 2.33. The summed E-state index contributed by atoms with van der Waals surface area (Å²) in [5, 5.41) is 6.33. The standard InChI is InChI=1S/C41H56N6O6S2/c1-5-46(21-18-42-17-12-31-9-7-11-33-37(31)55-40(50)44-33)35(48)14-24-52-23-13-30-8-6-10-32(36(30)51-4)26-45-19-15-41(16-20-45)28-47(22-25-53-41)39(49)34-27-54-38(43-34)29(2)3/h6-11,27,29,42H,5,12-26,28H2,1-4H3,(H,44,50). The number of piperidine rings is 1. The van der Waals surface area contributed by atoms with Crippen molar-refractivity contribution in [1.82, 2.24) is 30.0 Å². The van der Waals surface area contributed by atoms with Crippen molar-refractivity contribution in [2.45, 2.75) is 70.9 Å². The van der Waals surface area contributed by atoms with E-state index in [-0.39, 0.29) is 22.3 Å². The van der Waals surface area contributed by atoms with Gasteiger partial charge in [0.05, 0.1) is 60.7 Å². The molecule has 0 aliphatic carbocycles. The Morgan fingerprint density at radius 3 is 2.60 bits per heavy atom. The van der Waals surface area contributed by atoms with Gasteiger partial charge in [-0.25, -0.2) is 4.98 Å². The summed E-state index contributed by atoms with van der Waals surface area (Å²) in [6.45, 7) is 14.1. The van der Waals surface area contributed by atoms with E-state index in [1.807, 2.05) is 34.2 Å².